The van der Waals surface area contributed by atoms with Crippen molar-refractivity contribution in [1.29, 1.82) is 0 Å². The largest absolute Gasteiger partial charge is 0.376 e. The number of nitrogens with one attached hydrogen (secondary N) is 2. The Bertz CT molecular complexity index is 770. The number of ether oxygens (including phenoxy) is 1. The van der Waals surface area contributed by atoms with Crippen LogP contribution in [0.5, 0.6) is 0 Å². The van der Waals surface area contributed by atoms with E-state index in [9.17, 15) is 0 Å². The molecule has 8 nitrogen and oxygen atoms in total. The Balaban J connectivity index is 0.00000363. The van der Waals surface area contributed by atoms with E-state index < -0.39 is 0 Å². The van der Waals surface area contributed by atoms with E-state index in [2.05, 4.69) is 54.5 Å². The maximum atomic E-state index is 5.83. The van der Waals surface area contributed by atoms with Crippen LogP contribution >= 0.6 is 24.0 Å². The van der Waals surface area contributed by atoms with E-state index in [0.29, 0.717) is 19.1 Å². The number of rotatable bonds is 10. The van der Waals surface area contributed by atoms with Gasteiger partial charge in [0.1, 0.15) is 0 Å². The molecule has 3 rings (SSSR count). The van der Waals surface area contributed by atoms with Gasteiger partial charge < -0.3 is 20.3 Å². The van der Waals surface area contributed by atoms with Crippen molar-refractivity contribution in [3.05, 3.63) is 54.4 Å². The first-order valence-electron chi connectivity index (χ1n) is 11.0. The molecule has 0 amide bonds. The van der Waals surface area contributed by atoms with Gasteiger partial charge in [-0.1, -0.05) is 37.3 Å². The van der Waals surface area contributed by atoms with Gasteiger partial charge >= 0.3 is 0 Å². The van der Waals surface area contributed by atoms with Crippen molar-refractivity contribution in [3.63, 3.8) is 0 Å². The number of halogens is 1. The molecule has 2 aromatic rings. The molecule has 1 saturated heterocycles. The van der Waals surface area contributed by atoms with Gasteiger partial charge in [0.15, 0.2) is 5.96 Å². The Morgan fingerprint density at radius 3 is 2.47 bits per heavy atom. The van der Waals surface area contributed by atoms with E-state index in [1.807, 2.05) is 31.3 Å². The summed E-state index contributed by atoms with van der Waals surface area (Å²) in [5, 5.41) is 6.81. The molecule has 1 aliphatic heterocycles. The van der Waals surface area contributed by atoms with Gasteiger partial charge in [-0.25, -0.2) is 9.97 Å². The quantitative estimate of drug-likeness (QED) is 0.266. The lowest BCUT2D eigenvalue weighted by Crippen LogP contribution is -2.50. The fourth-order valence-electron chi connectivity index (χ4n) is 3.46. The summed E-state index contributed by atoms with van der Waals surface area (Å²) in [6.07, 6.45) is 3.60. The first-order valence-corrected chi connectivity index (χ1v) is 11.0. The Hall–Kier alpha value is -1.98. The Morgan fingerprint density at radius 1 is 1.06 bits per heavy atom. The van der Waals surface area contributed by atoms with E-state index in [-0.39, 0.29) is 24.0 Å². The predicted molar refractivity (Wildman–Crippen MR) is 141 cm³/mol. The number of hydrogen-bond donors (Lipinski definition) is 2. The summed E-state index contributed by atoms with van der Waals surface area (Å²) in [5.41, 5.74) is 1.21. The van der Waals surface area contributed by atoms with Gasteiger partial charge in [0.25, 0.3) is 0 Å². The van der Waals surface area contributed by atoms with Crippen LogP contribution in [0, 0.1) is 5.92 Å². The van der Waals surface area contributed by atoms with Crippen LogP contribution in [0.25, 0.3) is 0 Å². The SMILES string of the molecule is CN=C(NCCN1CCN(c2ncccn2)CC1)NCC(C)COCc1ccccc1.I. The number of guanidine groups is 1. The highest BCUT2D eigenvalue weighted by atomic mass is 127. The normalized spacial score (nSPS) is 15.7. The molecule has 2 heterocycles. The molecule has 176 valence electrons. The van der Waals surface area contributed by atoms with Crippen molar-refractivity contribution < 1.29 is 4.74 Å². The highest BCUT2D eigenvalue weighted by molar-refractivity contribution is 14.0. The molecular formula is C23H36IN7O. The van der Waals surface area contributed by atoms with Gasteiger partial charge in [-0.2, -0.15) is 0 Å². The monoisotopic (exact) mass is 553 g/mol. The van der Waals surface area contributed by atoms with Crippen molar-refractivity contribution in [2.45, 2.75) is 13.5 Å². The standard InChI is InChI=1S/C23H35N7O.HI/c1-20(18-31-19-21-7-4-3-5-8-21)17-28-22(24-2)25-11-12-29-13-15-30(16-14-29)23-26-9-6-10-27-23;/h3-10,20H,11-19H2,1-2H3,(H2,24,25,28);1H. The number of benzene rings is 1. The average molecular weight is 553 g/mol. The Labute approximate surface area is 208 Å². The highest BCUT2D eigenvalue weighted by Crippen LogP contribution is 2.09. The lowest BCUT2D eigenvalue weighted by atomic mass is 10.2. The molecule has 0 spiro atoms. The van der Waals surface area contributed by atoms with Crippen LogP contribution in [-0.4, -0.2) is 80.3 Å². The van der Waals surface area contributed by atoms with Gasteiger partial charge in [0.2, 0.25) is 5.95 Å². The summed E-state index contributed by atoms with van der Waals surface area (Å²) in [6.45, 7) is 10.2. The Kier molecular flexibility index (Phi) is 12.3. The van der Waals surface area contributed by atoms with Crippen molar-refractivity contribution in [3.8, 4) is 0 Å². The molecule has 2 N–H and O–H groups in total. The minimum absolute atomic E-state index is 0. The molecule has 0 bridgehead atoms. The van der Waals surface area contributed by atoms with Crippen molar-refractivity contribution in [2.24, 2.45) is 10.9 Å². The summed E-state index contributed by atoms with van der Waals surface area (Å²) < 4.78 is 5.83. The second kappa shape index (κ2) is 15.0. The molecular weight excluding hydrogens is 517 g/mol. The third kappa shape index (κ3) is 9.25. The molecule has 0 aliphatic carbocycles. The van der Waals surface area contributed by atoms with Gasteiger partial charge in [-0.15, -0.1) is 24.0 Å². The zero-order chi connectivity index (χ0) is 21.7. The summed E-state index contributed by atoms with van der Waals surface area (Å²) in [5.74, 6) is 2.06. The summed E-state index contributed by atoms with van der Waals surface area (Å²) in [7, 11) is 1.81. The van der Waals surface area contributed by atoms with Crippen LogP contribution in [0.3, 0.4) is 0 Å². The van der Waals surface area contributed by atoms with Crippen LogP contribution in [0.15, 0.2) is 53.8 Å². The molecule has 1 aromatic carbocycles. The van der Waals surface area contributed by atoms with Gasteiger partial charge in [-0.3, -0.25) is 9.89 Å². The average Bonchev–Trinajstić information content (AvgIpc) is 2.83. The lowest BCUT2D eigenvalue weighted by Gasteiger charge is -2.34. The summed E-state index contributed by atoms with van der Waals surface area (Å²) in [4.78, 5) is 17.7. The third-order valence-corrected chi connectivity index (χ3v) is 5.28. The fraction of sp³-hybridized carbons (Fsp3) is 0.522. The van der Waals surface area contributed by atoms with Gasteiger partial charge in [-0.05, 0) is 17.5 Å². The minimum Gasteiger partial charge on any atom is -0.376 e. The highest BCUT2D eigenvalue weighted by Gasteiger charge is 2.18. The number of aliphatic imine (C=N–C) groups is 1. The lowest BCUT2D eigenvalue weighted by molar-refractivity contribution is 0.0931. The third-order valence-electron chi connectivity index (χ3n) is 5.28. The summed E-state index contributed by atoms with van der Waals surface area (Å²) in [6, 6.07) is 12.1. The second-order valence-corrected chi connectivity index (χ2v) is 7.86. The molecule has 1 unspecified atom stereocenters. The maximum Gasteiger partial charge on any atom is 0.225 e. The minimum atomic E-state index is 0. The molecule has 1 atom stereocenters. The van der Waals surface area contributed by atoms with Crippen LogP contribution in [0.1, 0.15) is 12.5 Å². The van der Waals surface area contributed by atoms with E-state index >= 15 is 0 Å². The first-order chi connectivity index (χ1) is 15.2. The van der Waals surface area contributed by atoms with Gasteiger partial charge in [0.05, 0.1) is 13.2 Å². The van der Waals surface area contributed by atoms with Crippen LogP contribution in [0.4, 0.5) is 5.95 Å². The molecule has 1 aliphatic rings. The summed E-state index contributed by atoms with van der Waals surface area (Å²) >= 11 is 0. The number of piperazine rings is 1. The second-order valence-electron chi connectivity index (χ2n) is 7.86. The van der Waals surface area contributed by atoms with Crippen LogP contribution < -0.4 is 15.5 Å². The van der Waals surface area contributed by atoms with E-state index in [4.69, 9.17) is 4.74 Å². The van der Waals surface area contributed by atoms with Crippen LogP contribution in [-0.2, 0) is 11.3 Å². The molecule has 1 aromatic heterocycles. The number of anilines is 1. The first kappa shape index (κ1) is 26.3. The topological polar surface area (TPSA) is 77.9 Å². The zero-order valence-corrected chi connectivity index (χ0v) is 21.4. The smallest absolute Gasteiger partial charge is 0.225 e. The number of hydrogen-bond acceptors (Lipinski definition) is 6. The number of nitrogens with zero attached hydrogens (tertiary/aromatic N) is 5. The van der Waals surface area contributed by atoms with Gasteiger partial charge in [0, 0.05) is 65.3 Å². The van der Waals surface area contributed by atoms with Crippen molar-refractivity contribution in [2.75, 3.05) is 64.4 Å². The predicted octanol–water partition coefficient (Wildman–Crippen LogP) is 2.23. The van der Waals surface area contributed by atoms with E-state index in [1.54, 1.807) is 12.4 Å². The van der Waals surface area contributed by atoms with Crippen LogP contribution in [0.2, 0.25) is 0 Å². The molecule has 9 heteroatoms. The van der Waals surface area contributed by atoms with E-state index in [0.717, 1.165) is 57.7 Å². The molecule has 1 fully saturated rings. The van der Waals surface area contributed by atoms with E-state index in [1.165, 1.54) is 5.56 Å². The molecule has 32 heavy (non-hydrogen) atoms. The fourth-order valence-corrected chi connectivity index (χ4v) is 3.46. The maximum absolute atomic E-state index is 5.83. The number of aromatic nitrogens is 2. The molecule has 0 radical (unpaired) electrons. The molecule has 0 saturated carbocycles. The Morgan fingerprint density at radius 2 is 1.78 bits per heavy atom. The zero-order valence-electron chi connectivity index (χ0n) is 19.1. The van der Waals surface area contributed by atoms with Crippen molar-refractivity contribution >= 4 is 35.9 Å². The van der Waals surface area contributed by atoms with Crippen molar-refractivity contribution in [1.82, 2.24) is 25.5 Å².